The fraction of sp³-hybridized carbons (Fsp3) is 0.250. The quantitative estimate of drug-likeness (QED) is 0.389. The van der Waals surface area contributed by atoms with Gasteiger partial charge in [-0.1, -0.05) is 29.8 Å². The maximum Gasteiger partial charge on any atom is 0.322 e. The molecule has 6 N–H and O–H groups in total. The number of hydrogen-bond donors (Lipinski definition) is 4. The molecule has 2 unspecified atom stereocenters. The standard InChI is InChI=1S/C28H26ClFN6O2/c29-19-5-7-21(8-6-19)34-27(38)36-15-20(32)12-25(36)26(37)35-24-11-17(4-9-23(24)30)22-13-28(22,33)18-3-1-2-16(10-18)14-31/h1-11,20,22,25H,12-13,15,32-33H2,(H,34,38)(H,35,37)/t20-,22?,25-,28?/m1/s1. The van der Waals surface area contributed by atoms with Gasteiger partial charge >= 0.3 is 6.03 Å². The van der Waals surface area contributed by atoms with Crippen molar-refractivity contribution in [3.05, 3.63) is 94.3 Å². The van der Waals surface area contributed by atoms with Crippen molar-refractivity contribution in [2.45, 2.75) is 36.4 Å². The van der Waals surface area contributed by atoms with Crippen LogP contribution in [0, 0.1) is 17.1 Å². The van der Waals surface area contributed by atoms with Crippen LogP contribution in [0.4, 0.5) is 20.6 Å². The highest BCUT2D eigenvalue weighted by atomic mass is 35.5. The normalized spacial score (nSPS) is 24.0. The molecule has 0 bridgehead atoms. The monoisotopic (exact) mass is 532 g/mol. The third-order valence-corrected chi connectivity index (χ3v) is 7.43. The number of halogens is 2. The minimum absolute atomic E-state index is 0.00561. The van der Waals surface area contributed by atoms with Crippen molar-refractivity contribution in [3.8, 4) is 6.07 Å². The number of nitriles is 1. The summed E-state index contributed by atoms with van der Waals surface area (Å²) in [4.78, 5) is 27.5. The molecule has 3 aromatic carbocycles. The molecule has 3 aromatic rings. The number of likely N-dealkylation sites (tertiary alicyclic amines) is 1. The van der Waals surface area contributed by atoms with Crippen LogP contribution in [0.5, 0.6) is 0 Å². The van der Waals surface area contributed by atoms with E-state index in [1.807, 2.05) is 6.07 Å². The smallest absolute Gasteiger partial charge is 0.322 e. The average molecular weight is 533 g/mol. The Kier molecular flexibility index (Phi) is 6.80. The minimum atomic E-state index is -0.872. The highest BCUT2D eigenvalue weighted by Crippen LogP contribution is 2.56. The highest BCUT2D eigenvalue weighted by Gasteiger charge is 2.53. The average Bonchev–Trinajstić information content (AvgIpc) is 3.45. The molecule has 4 atom stereocenters. The van der Waals surface area contributed by atoms with Gasteiger partial charge in [0.2, 0.25) is 5.91 Å². The Labute approximate surface area is 224 Å². The Morgan fingerprint density at radius 3 is 2.61 bits per heavy atom. The lowest BCUT2D eigenvalue weighted by molar-refractivity contribution is -0.119. The maximum absolute atomic E-state index is 14.8. The lowest BCUT2D eigenvalue weighted by Gasteiger charge is -2.24. The molecule has 38 heavy (non-hydrogen) atoms. The van der Waals surface area contributed by atoms with Gasteiger partial charge in [-0.05, 0) is 72.5 Å². The van der Waals surface area contributed by atoms with E-state index in [2.05, 4.69) is 16.7 Å². The largest absolute Gasteiger partial charge is 0.326 e. The van der Waals surface area contributed by atoms with Crippen LogP contribution in [0.1, 0.15) is 35.4 Å². The van der Waals surface area contributed by atoms with Crippen molar-refractivity contribution < 1.29 is 14.0 Å². The number of carbonyl (C=O) groups is 2. The Bertz CT molecular complexity index is 1440. The summed E-state index contributed by atoms with van der Waals surface area (Å²) in [6, 6.07) is 18.6. The molecule has 2 aliphatic rings. The van der Waals surface area contributed by atoms with E-state index in [9.17, 15) is 19.2 Å². The van der Waals surface area contributed by atoms with E-state index in [4.69, 9.17) is 23.1 Å². The number of benzene rings is 3. The number of amides is 3. The molecule has 2 fully saturated rings. The SMILES string of the molecule is N#Cc1cccc(C2(N)CC2c2ccc(F)c(NC(=O)[C@H]3C[C@@H](N)CN3C(=O)Nc3ccc(Cl)cc3)c2)c1. The first-order chi connectivity index (χ1) is 18.2. The predicted molar refractivity (Wildman–Crippen MR) is 143 cm³/mol. The molecule has 10 heteroatoms. The Morgan fingerprint density at radius 2 is 1.87 bits per heavy atom. The molecule has 3 amide bonds. The molecule has 0 spiro atoms. The van der Waals surface area contributed by atoms with Crippen LogP contribution in [0.3, 0.4) is 0 Å². The zero-order chi connectivity index (χ0) is 27.0. The molecule has 1 saturated heterocycles. The first-order valence-electron chi connectivity index (χ1n) is 12.2. The predicted octanol–water partition coefficient (Wildman–Crippen LogP) is 4.26. The van der Waals surface area contributed by atoms with Gasteiger partial charge in [0.05, 0.1) is 17.3 Å². The van der Waals surface area contributed by atoms with Gasteiger partial charge in [0.15, 0.2) is 0 Å². The lowest BCUT2D eigenvalue weighted by Crippen LogP contribution is -2.45. The molecule has 1 heterocycles. The second kappa shape index (κ2) is 10.1. The van der Waals surface area contributed by atoms with Crippen molar-refractivity contribution in [2.24, 2.45) is 11.5 Å². The van der Waals surface area contributed by atoms with Gasteiger partial charge < -0.3 is 27.0 Å². The van der Waals surface area contributed by atoms with E-state index in [0.29, 0.717) is 22.7 Å². The number of nitrogens with zero attached hydrogens (tertiary/aromatic N) is 2. The van der Waals surface area contributed by atoms with E-state index in [1.54, 1.807) is 54.6 Å². The van der Waals surface area contributed by atoms with Crippen molar-refractivity contribution in [1.82, 2.24) is 4.90 Å². The molecule has 1 saturated carbocycles. The van der Waals surface area contributed by atoms with Crippen molar-refractivity contribution in [1.29, 1.82) is 5.26 Å². The summed E-state index contributed by atoms with van der Waals surface area (Å²) in [7, 11) is 0. The number of urea groups is 1. The van der Waals surface area contributed by atoms with Gasteiger partial charge in [-0.25, -0.2) is 9.18 Å². The van der Waals surface area contributed by atoms with Gasteiger partial charge in [0.25, 0.3) is 0 Å². The molecule has 1 aliphatic carbocycles. The third-order valence-electron chi connectivity index (χ3n) is 7.18. The first kappa shape index (κ1) is 25.7. The van der Waals surface area contributed by atoms with Crippen molar-refractivity contribution in [2.75, 3.05) is 17.2 Å². The Morgan fingerprint density at radius 1 is 1.11 bits per heavy atom. The summed E-state index contributed by atoms with van der Waals surface area (Å²) >= 11 is 5.90. The number of nitrogens with two attached hydrogens (primary N) is 2. The Hall–Kier alpha value is -3.97. The third kappa shape index (κ3) is 5.07. The van der Waals surface area contributed by atoms with Crippen LogP contribution in [-0.4, -0.2) is 35.5 Å². The van der Waals surface area contributed by atoms with Crippen molar-refractivity contribution >= 4 is 34.9 Å². The zero-order valence-electron chi connectivity index (χ0n) is 20.3. The number of hydrogen-bond acceptors (Lipinski definition) is 5. The van der Waals surface area contributed by atoms with Crippen molar-refractivity contribution in [3.63, 3.8) is 0 Å². The second-order valence-corrected chi connectivity index (χ2v) is 10.3. The number of nitrogens with one attached hydrogen (secondary N) is 2. The van der Waals surface area contributed by atoms with E-state index in [-0.39, 0.29) is 24.6 Å². The number of rotatable bonds is 5. The molecule has 8 nitrogen and oxygen atoms in total. The van der Waals surface area contributed by atoms with E-state index in [0.717, 1.165) is 11.1 Å². The van der Waals surface area contributed by atoms with Crippen LogP contribution >= 0.6 is 11.6 Å². The van der Waals surface area contributed by atoms with Crippen LogP contribution in [0.25, 0.3) is 0 Å². The summed E-state index contributed by atoms with van der Waals surface area (Å²) in [5, 5.41) is 15.1. The summed E-state index contributed by atoms with van der Waals surface area (Å²) in [5.74, 6) is -1.23. The number of anilines is 2. The van der Waals surface area contributed by atoms with Gasteiger partial charge in [-0.2, -0.15) is 5.26 Å². The summed E-state index contributed by atoms with van der Waals surface area (Å²) in [5.41, 5.74) is 14.7. The van der Waals surface area contributed by atoms with Crippen LogP contribution in [0.2, 0.25) is 5.02 Å². The van der Waals surface area contributed by atoms with Crippen LogP contribution < -0.4 is 22.1 Å². The maximum atomic E-state index is 14.8. The highest BCUT2D eigenvalue weighted by molar-refractivity contribution is 6.30. The fourth-order valence-electron chi connectivity index (χ4n) is 5.03. The first-order valence-corrected chi connectivity index (χ1v) is 12.5. The molecule has 0 radical (unpaired) electrons. The van der Waals surface area contributed by atoms with Crippen LogP contribution in [-0.2, 0) is 10.3 Å². The Balaban J connectivity index is 1.30. The summed E-state index contributed by atoms with van der Waals surface area (Å²) < 4.78 is 14.8. The zero-order valence-corrected chi connectivity index (χ0v) is 21.1. The molecule has 194 valence electrons. The van der Waals surface area contributed by atoms with E-state index < -0.39 is 35.4 Å². The fourth-order valence-corrected chi connectivity index (χ4v) is 5.16. The van der Waals surface area contributed by atoms with Crippen LogP contribution in [0.15, 0.2) is 66.7 Å². The topological polar surface area (TPSA) is 137 Å². The van der Waals surface area contributed by atoms with Gasteiger partial charge in [0, 0.05) is 34.8 Å². The van der Waals surface area contributed by atoms with Gasteiger partial charge in [0.1, 0.15) is 11.9 Å². The molecular weight excluding hydrogens is 507 g/mol. The molecule has 0 aromatic heterocycles. The van der Waals surface area contributed by atoms with E-state index >= 15 is 0 Å². The summed E-state index contributed by atoms with van der Waals surface area (Å²) in [6.45, 7) is 0.180. The minimum Gasteiger partial charge on any atom is -0.326 e. The molecule has 1 aliphatic heterocycles. The molecular formula is C28H26ClFN6O2. The van der Waals surface area contributed by atoms with Gasteiger partial charge in [-0.3, -0.25) is 4.79 Å². The molecule has 5 rings (SSSR count). The summed E-state index contributed by atoms with van der Waals surface area (Å²) in [6.07, 6.45) is 0.863. The second-order valence-electron chi connectivity index (χ2n) is 9.82. The van der Waals surface area contributed by atoms with Gasteiger partial charge in [-0.15, -0.1) is 0 Å². The lowest BCUT2D eigenvalue weighted by atomic mass is 9.97. The number of carbonyl (C=O) groups excluding carboxylic acids is 2. The van der Waals surface area contributed by atoms with E-state index in [1.165, 1.54) is 11.0 Å².